The van der Waals surface area contributed by atoms with Crippen molar-refractivity contribution in [1.29, 1.82) is 5.26 Å². The first-order valence-electron chi connectivity index (χ1n) is 9.18. The van der Waals surface area contributed by atoms with Gasteiger partial charge in [-0.2, -0.15) is 5.26 Å². The third-order valence-electron chi connectivity index (χ3n) is 4.47. The molecule has 148 valence electrons. The number of nitrogens with one attached hydrogen (secondary N) is 1. The van der Waals surface area contributed by atoms with Gasteiger partial charge in [0, 0.05) is 4.90 Å². The Balaban J connectivity index is 1.38. The van der Waals surface area contributed by atoms with E-state index in [2.05, 4.69) is 9.97 Å². The number of carbonyl (C=O) groups is 1. The minimum absolute atomic E-state index is 0.0545. The topological polar surface area (TPSA) is 99.0 Å². The molecule has 0 spiro atoms. The van der Waals surface area contributed by atoms with E-state index in [9.17, 15) is 15.2 Å². The molecule has 0 aliphatic rings. The van der Waals surface area contributed by atoms with Crippen molar-refractivity contribution >= 4 is 45.1 Å². The summed E-state index contributed by atoms with van der Waals surface area (Å²) in [7, 11) is 0. The van der Waals surface area contributed by atoms with E-state index in [1.54, 1.807) is 6.07 Å². The van der Waals surface area contributed by atoms with Gasteiger partial charge >= 0.3 is 5.97 Å². The molecule has 0 unspecified atom stereocenters. The molecule has 30 heavy (non-hydrogen) atoms. The van der Waals surface area contributed by atoms with E-state index in [4.69, 9.17) is 4.74 Å². The molecule has 0 amide bonds. The van der Waals surface area contributed by atoms with Gasteiger partial charge in [-0.3, -0.25) is 4.79 Å². The van der Waals surface area contributed by atoms with Crippen LogP contribution in [0.5, 0.6) is 0 Å². The van der Waals surface area contributed by atoms with Crippen molar-refractivity contribution in [3.63, 3.8) is 0 Å². The van der Waals surface area contributed by atoms with Gasteiger partial charge in [0.15, 0.2) is 11.6 Å². The lowest BCUT2D eigenvalue weighted by atomic mass is 10.1. The number of esters is 1. The summed E-state index contributed by atoms with van der Waals surface area (Å²) in [6.07, 6.45) is 0. The van der Waals surface area contributed by atoms with Crippen LogP contribution < -0.4 is 0 Å². The lowest BCUT2D eigenvalue weighted by Gasteiger charge is -2.06. The molecule has 0 aliphatic heterocycles. The normalized spacial score (nSPS) is 11.8. The number of nitrogens with zero attached hydrogens (tertiary/aromatic N) is 2. The fraction of sp³-hybridized carbons (Fsp3) is 0.0870. The molecule has 0 atom stereocenters. The van der Waals surface area contributed by atoms with Gasteiger partial charge in [0.1, 0.15) is 18.2 Å². The van der Waals surface area contributed by atoms with Crippen LogP contribution in [-0.2, 0) is 9.53 Å². The van der Waals surface area contributed by atoms with Crippen molar-refractivity contribution < 1.29 is 14.6 Å². The van der Waals surface area contributed by atoms with E-state index in [0.717, 1.165) is 21.2 Å². The van der Waals surface area contributed by atoms with Crippen LogP contribution in [0.3, 0.4) is 0 Å². The fourth-order valence-corrected chi connectivity index (χ4v) is 3.73. The Labute approximate surface area is 176 Å². The monoisotopic (exact) mass is 415 g/mol. The van der Waals surface area contributed by atoms with Gasteiger partial charge in [-0.1, -0.05) is 42.5 Å². The van der Waals surface area contributed by atoms with Crippen molar-refractivity contribution in [2.75, 3.05) is 12.4 Å². The molecular formula is C23H17N3O3S. The van der Waals surface area contributed by atoms with Crippen LogP contribution in [0.4, 0.5) is 0 Å². The molecule has 4 aromatic rings. The molecular weight excluding hydrogens is 398 g/mol. The number of nitriles is 1. The Morgan fingerprint density at radius 3 is 2.67 bits per heavy atom. The molecule has 0 radical (unpaired) electrons. The Morgan fingerprint density at radius 1 is 1.10 bits per heavy atom. The predicted molar refractivity (Wildman–Crippen MR) is 117 cm³/mol. The van der Waals surface area contributed by atoms with Crippen LogP contribution in [0, 0.1) is 11.3 Å². The highest BCUT2D eigenvalue weighted by atomic mass is 32.2. The molecule has 0 bridgehead atoms. The van der Waals surface area contributed by atoms with Crippen molar-refractivity contribution in [3.8, 4) is 6.07 Å². The molecule has 4 rings (SSSR count). The van der Waals surface area contributed by atoms with Crippen LogP contribution in [0.25, 0.3) is 27.4 Å². The van der Waals surface area contributed by atoms with Crippen molar-refractivity contribution in [2.24, 2.45) is 0 Å². The second kappa shape index (κ2) is 8.72. The number of thioether (sulfide) groups is 1. The second-order valence-corrected chi connectivity index (χ2v) is 7.54. The number of benzene rings is 3. The third-order valence-corrected chi connectivity index (χ3v) is 5.44. The molecule has 0 fully saturated rings. The Kier molecular flexibility index (Phi) is 5.68. The van der Waals surface area contributed by atoms with E-state index in [0.29, 0.717) is 5.52 Å². The molecule has 0 saturated heterocycles. The fourth-order valence-electron chi connectivity index (χ4n) is 2.99. The number of H-pyrrole nitrogens is 1. The number of aliphatic hydroxyl groups excluding tert-OH is 1. The zero-order valence-corrected chi connectivity index (χ0v) is 16.6. The maximum absolute atomic E-state index is 12.1. The minimum Gasteiger partial charge on any atom is -0.507 e. The average molecular weight is 415 g/mol. The number of fused-ring (bicyclic) bond motifs is 2. The molecule has 0 saturated carbocycles. The number of carbonyl (C=O) groups excluding carboxylic acids is 1. The average Bonchev–Trinajstić information content (AvgIpc) is 3.20. The largest absolute Gasteiger partial charge is 0.507 e. The second-order valence-electron chi connectivity index (χ2n) is 6.49. The number of allylic oxidation sites excluding steroid dienone is 1. The zero-order valence-electron chi connectivity index (χ0n) is 15.8. The number of rotatable bonds is 6. The third kappa shape index (κ3) is 4.29. The van der Waals surface area contributed by atoms with Crippen LogP contribution >= 0.6 is 11.8 Å². The quantitative estimate of drug-likeness (QED) is 0.202. The highest BCUT2D eigenvalue weighted by Crippen LogP contribution is 2.24. The summed E-state index contributed by atoms with van der Waals surface area (Å²) in [6.45, 7) is -0.392. The van der Waals surface area contributed by atoms with Gasteiger partial charge in [-0.25, -0.2) is 4.98 Å². The number of hydrogen-bond donors (Lipinski definition) is 2. The lowest BCUT2D eigenvalue weighted by molar-refractivity contribution is -0.140. The zero-order chi connectivity index (χ0) is 20.9. The number of imidazole rings is 1. The first-order chi connectivity index (χ1) is 14.6. The number of aromatic amines is 1. The van der Waals surface area contributed by atoms with Crippen LogP contribution in [0.15, 0.2) is 77.4 Å². The summed E-state index contributed by atoms with van der Waals surface area (Å²) in [4.78, 5) is 20.3. The summed E-state index contributed by atoms with van der Waals surface area (Å²) in [5.41, 5.74) is 1.37. The van der Waals surface area contributed by atoms with Crippen LogP contribution in [0.1, 0.15) is 5.82 Å². The van der Waals surface area contributed by atoms with Gasteiger partial charge in [0.05, 0.1) is 16.8 Å². The van der Waals surface area contributed by atoms with Gasteiger partial charge in [-0.15, -0.1) is 11.8 Å². The Hall–Kier alpha value is -3.76. The highest BCUT2D eigenvalue weighted by Gasteiger charge is 2.15. The van der Waals surface area contributed by atoms with E-state index >= 15 is 0 Å². The molecule has 6 nitrogen and oxygen atoms in total. The number of para-hydroxylation sites is 2. The van der Waals surface area contributed by atoms with E-state index in [-0.39, 0.29) is 22.9 Å². The number of ether oxygens (including phenoxy) is 1. The molecule has 1 aromatic heterocycles. The molecule has 1 heterocycles. The maximum atomic E-state index is 12.1. The SMILES string of the molecule is N#CC(=C(O)COC(=O)CSc1ccc2ccccc2c1)c1nc2ccccc2[nH]1. The summed E-state index contributed by atoms with van der Waals surface area (Å²) >= 11 is 1.35. The Bertz CT molecular complexity index is 1270. The van der Waals surface area contributed by atoms with E-state index < -0.39 is 12.6 Å². The molecule has 2 N–H and O–H groups in total. The Morgan fingerprint density at radius 2 is 1.87 bits per heavy atom. The van der Waals surface area contributed by atoms with Crippen molar-refractivity contribution in [3.05, 3.63) is 78.3 Å². The molecule has 3 aromatic carbocycles. The summed E-state index contributed by atoms with van der Waals surface area (Å²) in [5, 5.41) is 21.9. The van der Waals surface area contributed by atoms with E-state index in [1.807, 2.05) is 66.7 Å². The predicted octanol–water partition coefficient (Wildman–Crippen LogP) is 4.84. The smallest absolute Gasteiger partial charge is 0.316 e. The van der Waals surface area contributed by atoms with Gasteiger partial charge in [0.2, 0.25) is 0 Å². The molecule has 0 aliphatic carbocycles. The first-order valence-corrected chi connectivity index (χ1v) is 10.2. The summed E-state index contributed by atoms with van der Waals surface area (Å²) < 4.78 is 5.13. The summed E-state index contributed by atoms with van der Waals surface area (Å²) in [5.74, 6) is -0.502. The first kappa shape index (κ1) is 19.6. The van der Waals surface area contributed by atoms with E-state index in [1.165, 1.54) is 11.8 Å². The maximum Gasteiger partial charge on any atom is 0.316 e. The minimum atomic E-state index is -0.485. The van der Waals surface area contributed by atoms with Gasteiger partial charge in [0.25, 0.3) is 0 Å². The lowest BCUT2D eigenvalue weighted by Crippen LogP contribution is -2.11. The van der Waals surface area contributed by atoms with Crippen molar-refractivity contribution in [2.45, 2.75) is 4.90 Å². The van der Waals surface area contributed by atoms with Crippen molar-refractivity contribution in [1.82, 2.24) is 9.97 Å². The number of aromatic nitrogens is 2. The summed E-state index contributed by atoms with van der Waals surface area (Å²) in [6, 6.07) is 23.2. The standard InChI is InChI=1S/C23H17N3O3S/c24-12-18(23-25-19-7-3-4-8-20(19)26-23)21(27)13-29-22(28)14-30-17-10-9-15-5-1-2-6-16(15)11-17/h1-11,27H,13-14H2,(H,25,26). The molecule has 7 heteroatoms. The van der Waals surface area contributed by atoms with Gasteiger partial charge < -0.3 is 14.8 Å². The number of hydrogen-bond acceptors (Lipinski definition) is 6. The van der Waals surface area contributed by atoms with Crippen LogP contribution in [0.2, 0.25) is 0 Å². The van der Waals surface area contributed by atoms with Gasteiger partial charge in [-0.05, 0) is 35.0 Å². The van der Waals surface area contributed by atoms with Crippen LogP contribution in [-0.4, -0.2) is 33.4 Å². The number of aliphatic hydroxyl groups is 1. The highest BCUT2D eigenvalue weighted by molar-refractivity contribution is 8.00.